The number of aromatic nitrogens is 1. The standard InChI is InChI=1S/C15H20N2O3/c1-15(2,20-3)11-17-14(19)13-8-7-12(10-16-13)6-4-5-9-18/h7-8,10,18H,5,9,11H2,1-3H3,(H,17,19). The fraction of sp³-hybridized carbons (Fsp3) is 0.467. The van der Waals surface area contributed by atoms with Gasteiger partial charge in [-0.15, -0.1) is 0 Å². The maximum atomic E-state index is 11.9. The number of methoxy groups -OCH3 is 1. The molecule has 108 valence electrons. The molecule has 0 spiro atoms. The van der Waals surface area contributed by atoms with Gasteiger partial charge in [0.1, 0.15) is 5.69 Å². The van der Waals surface area contributed by atoms with Crippen LogP contribution in [0.1, 0.15) is 36.3 Å². The van der Waals surface area contributed by atoms with Gasteiger partial charge in [0.05, 0.1) is 12.2 Å². The Morgan fingerprint density at radius 1 is 1.50 bits per heavy atom. The van der Waals surface area contributed by atoms with Gasteiger partial charge >= 0.3 is 0 Å². The Morgan fingerprint density at radius 2 is 2.25 bits per heavy atom. The van der Waals surface area contributed by atoms with Gasteiger partial charge < -0.3 is 15.2 Å². The van der Waals surface area contributed by atoms with E-state index in [4.69, 9.17) is 9.84 Å². The molecule has 20 heavy (non-hydrogen) atoms. The second-order valence-corrected chi connectivity index (χ2v) is 4.85. The van der Waals surface area contributed by atoms with Gasteiger partial charge in [-0.25, -0.2) is 4.98 Å². The van der Waals surface area contributed by atoms with Crippen molar-refractivity contribution in [3.05, 3.63) is 29.6 Å². The Bertz CT molecular complexity index is 498. The molecule has 0 fully saturated rings. The van der Waals surface area contributed by atoms with Crippen LogP contribution in [0.25, 0.3) is 0 Å². The Labute approximate surface area is 119 Å². The third kappa shape index (κ3) is 5.39. The normalized spacial score (nSPS) is 10.6. The van der Waals surface area contributed by atoms with Crippen LogP contribution in [-0.2, 0) is 4.74 Å². The molecule has 0 saturated carbocycles. The van der Waals surface area contributed by atoms with Crippen LogP contribution in [0.3, 0.4) is 0 Å². The number of pyridine rings is 1. The highest BCUT2D eigenvalue weighted by atomic mass is 16.5. The number of aliphatic hydroxyl groups excluding tert-OH is 1. The first-order valence-corrected chi connectivity index (χ1v) is 6.37. The van der Waals surface area contributed by atoms with E-state index in [1.54, 1.807) is 25.4 Å². The smallest absolute Gasteiger partial charge is 0.269 e. The molecule has 0 unspecified atom stereocenters. The van der Waals surface area contributed by atoms with Crippen molar-refractivity contribution in [3.63, 3.8) is 0 Å². The summed E-state index contributed by atoms with van der Waals surface area (Å²) in [7, 11) is 1.60. The summed E-state index contributed by atoms with van der Waals surface area (Å²) in [6, 6.07) is 3.35. The van der Waals surface area contributed by atoms with Gasteiger partial charge in [-0.1, -0.05) is 11.8 Å². The molecule has 0 aromatic carbocycles. The zero-order valence-electron chi connectivity index (χ0n) is 12.1. The fourth-order valence-electron chi connectivity index (χ4n) is 1.28. The fourth-order valence-corrected chi connectivity index (χ4v) is 1.28. The molecule has 2 N–H and O–H groups in total. The second-order valence-electron chi connectivity index (χ2n) is 4.85. The van der Waals surface area contributed by atoms with Gasteiger partial charge in [0.25, 0.3) is 5.91 Å². The topological polar surface area (TPSA) is 71.5 Å². The maximum absolute atomic E-state index is 11.9. The number of nitrogens with one attached hydrogen (secondary N) is 1. The number of hydrogen-bond acceptors (Lipinski definition) is 4. The Morgan fingerprint density at radius 3 is 2.80 bits per heavy atom. The van der Waals surface area contributed by atoms with Crippen molar-refractivity contribution < 1.29 is 14.6 Å². The van der Waals surface area contributed by atoms with E-state index < -0.39 is 5.60 Å². The third-order valence-electron chi connectivity index (χ3n) is 2.69. The van der Waals surface area contributed by atoms with Gasteiger partial charge in [-0.2, -0.15) is 0 Å². The van der Waals surface area contributed by atoms with Gasteiger partial charge in [0.15, 0.2) is 0 Å². The van der Waals surface area contributed by atoms with Gasteiger partial charge in [0.2, 0.25) is 0 Å². The molecule has 5 heteroatoms. The van der Waals surface area contributed by atoms with Crippen molar-refractivity contribution in [3.8, 4) is 11.8 Å². The largest absolute Gasteiger partial charge is 0.395 e. The van der Waals surface area contributed by atoms with Crippen LogP contribution in [0.15, 0.2) is 18.3 Å². The van der Waals surface area contributed by atoms with Crippen molar-refractivity contribution in [1.82, 2.24) is 10.3 Å². The van der Waals surface area contributed by atoms with Crippen LogP contribution in [0, 0.1) is 11.8 Å². The highest BCUT2D eigenvalue weighted by Crippen LogP contribution is 2.05. The minimum atomic E-state index is -0.411. The van der Waals surface area contributed by atoms with Crippen LogP contribution in [0.4, 0.5) is 0 Å². The van der Waals surface area contributed by atoms with Crippen molar-refractivity contribution in [2.75, 3.05) is 20.3 Å². The second kappa shape index (κ2) is 7.63. The molecule has 0 bridgehead atoms. The Hall–Kier alpha value is -1.90. The van der Waals surface area contributed by atoms with Gasteiger partial charge in [-0.3, -0.25) is 4.79 Å². The number of nitrogens with zero attached hydrogens (tertiary/aromatic N) is 1. The SMILES string of the molecule is COC(C)(C)CNC(=O)c1ccc(C#CCCO)cn1. The number of ether oxygens (including phenoxy) is 1. The zero-order valence-corrected chi connectivity index (χ0v) is 12.1. The number of aliphatic hydroxyl groups is 1. The monoisotopic (exact) mass is 276 g/mol. The predicted octanol–water partition coefficient (Wildman–Crippen LogP) is 0.970. The molecular formula is C15H20N2O3. The average Bonchev–Trinajstić information content (AvgIpc) is 2.46. The van der Waals surface area contributed by atoms with Gasteiger partial charge in [-0.05, 0) is 26.0 Å². The van der Waals surface area contributed by atoms with E-state index in [9.17, 15) is 4.79 Å². The van der Waals surface area contributed by atoms with E-state index in [1.165, 1.54) is 0 Å². The number of amides is 1. The molecule has 1 aromatic heterocycles. The first kappa shape index (κ1) is 16.2. The molecule has 0 aliphatic carbocycles. The maximum Gasteiger partial charge on any atom is 0.269 e. The first-order chi connectivity index (χ1) is 9.48. The lowest BCUT2D eigenvalue weighted by molar-refractivity contribution is 0.0228. The Balaban J connectivity index is 2.60. The van der Waals surface area contributed by atoms with E-state index in [2.05, 4.69) is 22.1 Å². The number of carbonyl (C=O) groups is 1. The lowest BCUT2D eigenvalue weighted by Crippen LogP contribution is -2.39. The predicted molar refractivity (Wildman–Crippen MR) is 76.2 cm³/mol. The number of hydrogen-bond donors (Lipinski definition) is 2. The molecule has 1 amide bonds. The minimum Gasteiger partial charge on any atom is -0.395 e. The lowest BCUT2D eigenvalue weighted by Gasteiger charge is -2.22. The lowest BCUT2D eigenvalue weighted by atomic mass is 10.1. The highest BCUT2D eigenvalue weighted by molar-refractivity contribution is 5.92. The molecular weight excluding hydrogens is 256 g/mol. The van der Waals surface area contributed by atoms with Crippen LogP contribution in [0.2, 0.25) is 0 Å². The van der Waals surface area contributed by atoms with Crippen LogP contribution >= 0.6 is 0 Å². The molecule has 0 radical (unpaired) electrons. The molecule has 1 rings (SSSR count). The minimum absolute atomic E-state index is 0.0379. The molecule has 0 aliphatic rings. The zero-order chi connectivity index (χ0) is 15.0. The van der Waals surface area contributed by atoms with Crippen molar-refractivity contribution in [2.24, 2.45) is 0 Å². The highest BCUT2D eigenvalue weighted by Gasteiger charge is 2.18. The van der Waals surface area contributed by atoms with Gasteiger partial charge in [0, 0.05) is 31.8 Å². The average molecular weight is 276 g/mol. The summed E-state index contributed by atoms with van der Waals surface area (Å²) in [5.74, 6) is 5.40. The molecule has 1 aromatic rings. The van der Waals surface area contributed by atoms with Crippen LogP contribution < -0.4 is 5.32 Å². The van der Waals surface area contributed by atoms with Crippen molar-refractivity contribution in [1.29, 1.82) is 0 Å². The van der Waals surface area contributed by atoms with Crippen molar-refractivity contribution >= 4 is 5.91 Å². The quantitative estimate of drug-likeness (QED) is 0.786. The summed E-state index contributed by atoms with van der Waals surface area (Å²) < 4.78 is 5.22. The summed E-state index contributed by atoms with van der Waals surface area (Å²) in [5, 5.41) is 11.4. The molecule has 1 heterocycles. The Kier molecular flexibility index (Phi) is 6.16. The molecule has 0 aliphatic heterocycles. The molecule has 0 atom stereocenters. The summed E-state index contributed by atoms with van der Waals surface area (Å²) in [4.78, 5) is 15.9. The van der Waals surface area contributed by atoms with E-state index >= 15 is 0 Å². The first-order valence-electron chi connectivity index (χ1n) is 6.37. The van der Waals surface area contributed by atoms with Crippen LogP contribution in [-0.4, -0.2) is 41.9 Å². The summed E-state index contributed by atoms with van der Waals surface area (Å²) in [6.45, 7) is 4.22. The molecule has 5 nitrogen and oxygen atoms in total. The molecule has 0 saturated heterocycles. The number of rotatable bonds is 5. The van der Waals surface area contributed by atoms with E-state index in [0.29, 0.717) is 24.2 Å². The summed E-state index contributed by atoms with van der Waals surface area (Å²) >= 11 is 0. The van der Waals surface area contributed by atoms with E-state index in [1.807, 2.05) is 13.8 Å². The van der Waals surface area contributed by atoms with Crippen molar-refractivity contribution in [2.45, 2.75) is 25.9 Å². The number of carbonyl (C=O) groups excluding carboxylic acids is 1. The summed E-state index contributed by atoms with van der Waals surface area (Å²) in [6.07, 6.45) is 1.97. The van der Waals surface area contributed by atoms with E-state index in [0.717, 1.165) is 0 Å². The third-order valence-corrected chi connectivity index (χ3v) is 2.69. The van der Waals surface area contributed by atoms with E-state index in [-0.39, 0.29) is 12.5 Å². The van der Waals surface area contributed by atoms with Crippen LogP contribution in [0.5, 0.6) is 0 Å². The summed E-state index contributed by atoms with van der Waals surface area (Å²) in [5.41, 5.74) is 0.641.